The standard InChI is InChI=1S/C17H14F2N4O3S2/c18-12-4-1-3-11(15(12)19)17(24)22-7-9-23(10-8-22)28(25,26)14-6-2-5-13-16(14)21-27-20-13/h1-6H,7-10H2. The highest BCUT2D eigenvalue weighted by molar-refractivity contribution is 7.89. The van der Waals surface area contributed by atoms with E-state index < -0.39 is 27.6 Å². The molecule has 0 unspecified atom stereocenters. The highest BCUT2D eigenvalue weighted by Crippen LogP contribution is 2.25. The molecule has 0 spiro atoms. The molecule has 1 aromatic heterocycles. The molecule has 0 saturated carbocycles. The third-order valence-corrected chi connectivity index (χ3v) is 7.05. The van der Waals surface area contributed by atoms with Gasteiger partial charge in [0.25, 0.3) is 5.91 Å². The maximum atomic E-state index is 13.9. The Balaban J connectivity index is 1.53. The second-order valence-corrected chi connectivity index (χ2v) is 8.62. The zero-order valence-corrected chi connectivity index (χ0v) is 16.0. The van der Waals surface area contributed by atoms with E-state index in [0.29, 0.717) is 11.0 Å². The van der Waals surface area contributed by atoms with Crippen LogP contribution in [0.2, 0.25) is 0 Å². The molecule has 1 aliphatic heterocycles. The molecule has 2 heterocycles. The summed E-state index contributed by atoms with van der Waals surface area (Å²) in [6.07, 6.45) is 0. The van der Waals surface area contributed by atoms with Gasteiger partial charge in [-0.05, 0) is 24.3 Å². The molecule has 0 aliphatic carbocycles. The van der Waals surface area contributed by atoms with Gasteiger partial charge in [0.2, 0.25) is 10.0 Å². The lowest BCUT2D eigenvalue weighted by atomic mass is 10.1. The molecule has 28 heavy (non-hydrogen) atoms. The third kappa shape index (κ3) is 3.15. The van der Waals surface area contributed by atoms with Crippen molar-refractivity contribution in [1.29, 1.82) is 0 Å². The molecule has 11 heteroatoms. The molecule has 1 amide bonds. The van der Waals surface area contributed by atoms with Crippen molar-refractivity contribution >= 4 is 38.7 Å². The lowest BCUT2D eigenvalue weighted by molar-refractivity contribution is 0.0692. The number of benzene rings is 2. The molecule has 7 nitrogen and oxygen atoms in total. The number of carbonyl (C=O) groups is 1. The molecule has 1 fully saturated rings. The molecule has 1 aliphatic rings. The first-order chi connectivity index (χ1) is 13.4. The van der Waals surface area contributed by atoms with Crippen molar-refractivity contribution in [2.75, 3.05) is 26.2 Å². The first kappa shape index (κ1) is 18.8. The first-order valence-electron chi connectivity index (χ1n) is 8.34. The van der Waals surface area contributed by atoms with E-state index in [2.05, 4.69) is 8.75 Å². The first-order valence-corrected chi connectivity index (χ1v) is 10.5. The fourth-order valence-corrected chi connectivity index (χ4v) is 5.27. The number of carbonyl (C=O) groups excluding carboxylic acids is 1. The van der Waals surface area contributed by atoms with Crippen LogP contribution in [0, 0.1) is 11.6 Å². The van der Waals surface area contributed by atoms with Crippen LogP contribution in [0.3, 0.4) is 0 Å². The summed E-state index contributed by atoms with van der Waals surface area (Å²) >= 11 is 0.932. The Hall–Kier alpha value is -2.50. The quantitative estimate of drug-likeness (QED) is 0.643. The second-order valence-electron chi connectivity index (χ2n) is 6.19. The maximum Gasteiger partial charge on any atom is 0.257 e. The van der Waals surface area contributed by atoms with Crippen LogP contribution in [0.4, 0.5) is 8.78 Å². The van der Waals surface area contributed by atoms with Crippen LogP contribution in [-0.4, -0.2) is 58.5 Å². The molecular formula is C17H14F2N4O3S2. The molecule has 0 bridgehead atoms. The van der Waals surface area contributed by atoms with Gasteiger partial charge in [0.05, 0.1) is 17.3 Å². The lowest BCUT2D eigenvalue weighted by Gasteiger charge is -2.34. The normalized spacial score (nSPS) is 15.9. The highest BCUT2D eigenvalue weighted by Gasteiger charge is 2.33. The zero-order valence-electron chi connectivity index (χ0n) is 14.4. The largest absolute Gasteiger partial charge is 0.336 e. The minimum Gasteiger partial charge on any atom is -0.336 e. The van der Waals surface area contributed by atoms with E-state index in [1.165, 1.54) is 27.4 Å². The molecule has 0 atom stereocenters. The van der Waals surface area contributed by atoms with Crippen molar-refractivity contribution in [2.24, 2.45) is 0 Å². The Bertz CT molecular complexity index is 1160. The Morgan fingerprint density at radius 2 is 1.71 bits per heavy atom. The Morgan fingerprint density at radius 1 is 1.00 bits per heavy atom. The third-order valence-electron chi connectivity index (χ3n) is 4.57. The Kier molecular flexibility index (Phi) is 4.81. The number of amides is 1. The van der Waals surface area contributed by atoms with Crippen LogP contribution in [-0.2, 0) is 10.0 Å². The summed E-state index contributed by atoms with van der Waals surface area (Å²) in [5.74, 6) is -2.97. The van der Waals surface area contributed by atoms with E-state index in [1.54, 1.807) is 12.1 Å². The van der Waals surface area contributed by atoms with E-state index in [1.807, 2.05) is 0 Å². The lowest BCUT2D eigenvalue weighted by Crippen LogP contribution is -2.50. The minimum atomic E-state index is -3.82. The van der Waals surface area contributed by atoms with Crippen LogP contribution in [0.1, 0.15) is 10.4 Å². The molecule has 4 rings (SSSR count). The molecule has 146 valence electrons. The number of nitrogens with zero attached hydrogens (tertiary/aromatic N) is 4. The number of sulfonamides is 1. The van der Waals surface area contributed by atoms with Gasteiger partial charge in [-0.15, -0.1) is 0 Å². The molecular weight excluding hydrogens is 410 g/mol. The predicted octanol–water partition coefficient (Wildman–Crippen LogP) is 2.12. The number of halogens is 2. The van der Waals surface area contributed by atoms with Gasteiger partial charge in [-0.25, -0.2) is 17.2 Å². The van der Waals surface area contributed by atoms with E-state index in [0.717, 1.165) is 17.8 Å². The van der Waals surface area contributed by atoms with Crippen molar-refractivity contribution in [2.45, 2.75) is 4.90 Å². The topological polar surface area (TPSA) is 83.5 Å². The molecule has 2 aromatic carbocycles. The average molecular weight is 424 g/mol. The van der Waals surface area contributed by atoms with Crippen molar-refractivity contribution in [3.63, 3.8) is 0 Å². The van der Waals surface area contributed by atoms with Gasteiger partial charge in [0, 0.05) is 26.2 Å². The predicted molar refractivity (Wildman–Crippen MR) is 98.4 cm³/mol. The van der Waals surface area contributed by atoms with Gasteiger partial charge in [-0.3, -0.25) is 4.79 Å². The van der Waals surface area contributed by atoms with E-state index in [4.69, 9.17) is 0 Å². The fourth-order valence-electron chi connectivity index (χ4n) is 3.10. The number of aromatic nitrogens is 2. The summed E-state index contributed by atoms with van der Waals surface area (Å²) in [6, 6.07) is 8.16. The minimum absolute atomic E-state index is 0.0406. The highest BCUT2D eigenvalue weighted by atomic mass is 32.2. The summed E-state index contributed by atoms with van der Waals surface area (Å²) in [7, 11) is -3.82. The van der Waals surface area contributed by atoms with E-state index in [-0.39, 0.29) is 36.6 Å². The van der Waals surface area contributed by atoms with Crippen molar-refractivity contribution in [3.8, 4) is 0 Å². The summed E-state index contributed by atoms with van der Waals surface area (Å²) in [4.78, 5) is 13.9. The molecule has 0 N–H and O–H groups in total. The fraction of sp³-hybridized carbons (Fsp3) is 0.235. The van der Waals surface area contributed by atoms with Crippen LogP contribution < -0.4 is 0 Å². The average Bonchev–Trinajstić information content (AvgIpc) is 3.18. The monoisotopic (exact) mass is 424 g/mol. The maximum absolute atomic E-state index is 13.9. The Morgan fingerprint density at radius 3 is 2.46 bits per heavy atom. The smallest absolute Gasteiger partial charge is 0.257 e. The molecule has 1 saturated heterocycles. The molecule has 3 aromatic rings. The SMILES string of the molecule is O=C(c1cccc(F)c1F)N1CCN(S(=O)(=O)c2cccc3nsnc23)CC1. The molecule has 0 radical (unpaired) electrons. The number of hydrogen-bond acceptors (Lipinski definition) is 6. The van der Waals surface area contributed by atoms with Crippen molar-refractivity contribution in [1.82, 2.24) is 18.0 Å². The van der Waals surface area contributed by atoms with Gasteiger partial charge in [-0.2, -0.15) is 13.1 Å². The summed E-state index contributed by atoms with van der Waals surface area (Å²) in [5.41, 5.74) is 0.448. The summed E-state index contributed by atoms with van der Waals surface area (Å²) in [6.45, 7) is 0.219. The van der Waals surface area contributed by atoms with Gasteiger partial charge < -0.3 is 4.90 Å². The van der Waals surface area contributed by atoms with Crippen molar-refractivity contribution < 1.29 is 22.0 Å². The zero-order chi connectivity index (χ0) is 19.9. The van der Waals surface area contributed by atoms with Gasteiger partial charge >= 0.3 is 0 Å². The van der Waals surface area contributed by atoms with Gasteiger partial charge in [0.1, 0.15) is 15.9 Å². The Labute approximate surface area is 163 Å². The summed E-state index contributed by atoms with van der Waals surface area (Å²) < 4.78 is 62.6. The van der Waals surface area contributed by atoms with Gasteiger partial charge in [-0.1, -0.05) is 12.1 Å². The second kappa shape index (κ2) is 7.15. The number of rotatable bonds is 3. The van der Waals surface area contributed by atoms with Gasteiger partial charge in [0.15, 0.2) is 11.6 Å². The van der Waals surface area contributed by atoms with Crippen LogP contribution in [0.25, 0.3) is 11.0 Å². The van der Waals surface area contributed by atoms with E-state index in [9.17, 15) is 22.0 Å². The van der Waals surface area contributed by atoms with Crippen LogP contribution in [0.15, 0.2) is 41.3 Å². The number of hydrogen-bond donors (Lipinski definition) is 0. The van der Waals surface area contributed by atoms with E-state index >= 15 is 0 Å². The number of fused-ring (bicyclic) bond motifs is 1. The number of piperazine rings is 1. The van der Waals surface area contributed by atoms with Crippen molar-refractivity contribution in [3.05, 3.63) is 53.6 Å². The summed E-state index contributed by atoms with van der Waals surface area (Å²) in [5, 5.41) is 0. The van der Waals surface area contributed by atoms with Crippen LogP contribution >= 0.6 is 11.7 Å². The van der Waals surface area contributed by atoms with Crippen LogP contribution in [0.5, 0.6) is 0 Å².